The highest BCUT2D eigenvalue weighted by atomic mass is 35.5. The number of halogens is 2. The second kappa shape index (κ2) is 6.88. The lowest BCUT2D eigenvalue weighted by Crippen LogP contribution is -2.30. The van der Waals surface area contributed by atoms with Gasteiger partial charge < -0.3 is 14.6 Å². The van der Waals surface area contributed by atoms with Crippen molar-refractivity contribution in [2.75, 3.05) is 24.3 Å². The molecule has 0 aliphatic heterocycles. The van der Waals surface area contributed by atoms with Gasteiger partial charge in [-0.2, -0.15) is 5.10 Å². The second-order valence-corrected chi connectivity index (χ2v) is 7.96. The molecule has 5 rings (SSSR count). The molecule has 0 spiro atoms. The fourth-order valence-electron chi connectivity index (χ4n) is 3.57. The van der Waals surface area contributed by atoms with E-state index >= 15 is 4.39 Å². The average molecular weight is 428 g/mol. The molecule has 4 aromatic rings. The van der Waals surface area contributed by atoms with Gasteiger partial charge in [0.2, 0.25) is 0 Å². The summed E-state index contributed by atoms with van der Waals surface area (Å²) < 4.78 is 16.8. The lowest BCUT2D eigenvalue weighted by atomic mass is 10.0. The number of H-pyrrole nitrogens is 1. The summed E-state index contributed by atoms with van der Waals surface area (Å²) in [5.41, 5.74) is 2.81. The number of hydrogen-bond donors (Lipinski definition) is 3. The number of nitrogens with one attached hydrogen (secondary N) is 3. The Morgan fingerprint density at radius 2 is 2.13 bits per heavy atom. The Hall–Kier alpha value is -3.33. The van der Waals surface area contributed by atoms with Gasteiger partial charge >= 0.3 is 6.03 Å². The number of rotatable bonds is 4. The van der Waals surface area contributed by atoms with Crippen LogP contribution in [0.1, 0.15) is 12.8 Å². The van der Waals surface area contributed by atoms with Crippen LogP contribution in [0.3, 0.4) is 0 Å². The van der Waals surface area contributed by atoms with E-state index in [2.05, 4.69) is 25.8 Å². The monoisotopic (exact) mass is 427 g/mol. The highest BCUT2D eigenvalue weighted by Gasteiger charge is 2.24. The minimum atomic E-state index is -0.516. The molecule has 3 heterocycles. The van der Waals surface area contributed by atoms with Crippen LogP contribution in [0.25, 0.3) is 27.7 Å². The number of urea groups is 1. The van der Waals surface area contributed by atoms with Crippen LogP contribution in [0.4, 0.5) is 20.7 Å². The van der Waals surface area contributed by atoms with Crippen LogP contribution in [0.5, 0.6) is 0 Å². The highest BCUT2D eigenvalue weighted by Crippen LogP contribution is 2.42. The van der Waals surface area contributed by atoms with Crippen LogP contribution in [0.15, 0.2) is 30.7 Å². The predicted octanol–water partition coefficient (Wildman–Crippen LogP) is 4.02. The summed E-state index contributed by atoms with van der Waals surface area (Å²) in [6.45, 7) is 0. The molecule has 2 amide bonds. The quantitative estimate of drug-likeness (QED) is 0.459. The third-order valence-corrected chi connectivity index (χ3v) is 5.46. The SMILES string of the molecule is CN(C)c1c(F)c(Cl)c(-c2ccc3nc(NC(=O)NC4CC4)cn3c2)c2cn[nH]c12. The van der Waals surface area contributed by atoms with Crippen LogP contribution in [-0.4, -0.2) is 45.8 Å². The third-order valence-electron chi connectivity index (χ3n) is 5.11. The smallest absolute Gasteiger partial charge is 0.320 e. The Labute approximate surface area is 176 Å². The molecule has 1 aromatic carbocycles. The van der Waals surface area contributed by atoms with Crippen molar-refractivity contribution < 1.29 is 9.18 Å². The van der Waals surface area contributed by atoms with Crippen molar-refractivity contribution in [1.29, 1.82) is 0 Å². The van der Waals surface area contributed by atoms with Gasteiger partial charge in [-0.05, 0) is 25.0 Å². The van der Waals surface area contributed by atoms with Crippen LogP contribution in [-0.2, 0) is 0 Å². The summed E-state index contributed by atoms with van der Waals surface area (Å²) in [6.07, 6.45) is 7.16. The Morgan fingerprint density at radius 3 is 2.87 bits per heavy atom. The summed E-state index contributed by atoms with van der Waals surface area (Å²) in [4.78, 5) is 18.0. The Kier molecular flexibility index (Phi) is 4.28. The number of hydrogen-bond acceptors (Lipinski definition) is 4. The molecule has 1 aliphatic rings. The number of amides is 2. The molecule has 0 radical (unpaired) electrons. The molecule has 0 unspecified atom stereocenters. The molecule has 1 aliphatic carbocycles. The molecule has 154 valence electrons. The second-order valence-electron chi connectivity index (χ2n) is 7.59. The number of nitrogens with zero attached hydrogens (tertiary/aromatic N) is 4. The van der Waals surface area contributed by atoms with Crippen molar-refractivity contribution in [3.63, 3.8) is 0 Å². The maximum absolute atomic E-state index is 15.1. The van der Waals surface area contributed by atoms with E-state index in [9.17, 15) is 4.79 Å². The standard InChI is InChI=1S/C20H19ClFN7O/c1-28(2)19-17(22)16(21)15(12-7-23-27-18(12)19)10-3-6-14-25-13(9-29(14)8-10)26-20(30)24-11-4-5-11/h3,6-9,11H,4-5H2,1-2H3,(H,23,27)(H2,24,26,30). The predicted molar refractivity (Wildman–Crippen MR) is 115 cm³/mol. The number of carbonyl (C=O) groups is 1. The number of pyridine rings is 1. The Morgan fingerprint density at radius 1 is 1.33 bits per heavy atom. The lowest BCUT2D eigenvalue weighted by molar-refractivity contribution is 0.251. The van der Waals surface area contributed by atoms with Crippen molar-refractivity contribution >= 4 is 45.7 Å². The number of benzene rings is 1. The number of anilines is 2. The first kappa shape index (κ1) is 18.7. The molecule has 10 heteroatoms. The van der Waals surface area contributed by atoms with E-state index in [1.165, 1.54) is 0 Å². The molecule has 3 N–H and O–H groups in total. The minimum absolute atomic E-state index is 0.0224. The molecule has 0 bridgehead atoms. The zero-order valence-corrected chi connectivity index (χ0v) is 17.1. The number of aromatic nitrogens is 4. The Bertz CT molecular complexity index is 1290. The van der Waals surface area contributed by atoms with Crippen LogP contribution < -0.4 is 15.5 Å². The normalized spacial score (nSPS) is 13.7. The highest BCUT2D eigenvalue weighted by molar-refractivity contribution is 6.36. The number of imidazole rings is 1. The molecular weight excluding hydrogens is 409 g/mol. The van der Waals surface area contributed by atoms with Gasteiger partial charge in [-0.1, -0.05) is 11.6 Å². The Balaban J connectivity index is 1.57. The molecule has 0 atom stereocenters. The largest absolute Gasteiger partial charge is 0.373 e. The van der Waals surface area contributed by atoms with Gasteiger partial charge in [0.15, 0.2) is 11.6 Å². The van der Waals surface area contributed by atoms with E-state index in [4.69, 9.17) is 11.6 Å². The fraction of sp³-hybridized carbons (Fsp3) is 0.250. The van der Waals surface area contributed by atoms with Crippen molar-refractivity contribution in [3.8, 4) is 11.1 Å². The molecule has 1 saturated carbocycles. The van der Waals surface area contributed by atoms with Crippen molar-refractivity contribution in [2.45, 2.75) is 18.9 Å². The van der Waals surface area contributed by atoms with Crippen LogP contribution >= 0.6 is 11.6 Å². The average Bonchev–Trinajstić information content (AvgIpc) is 3.21. The van der Waals surface area contributed by atoms with Gasteiger partial charge in [0.1, 0.15) is 11.3 Å². The lowest BCUT2D eigenvalue weighted by Gasteiger charge is -2.18. The van der Waals surface area contributed by atoms with E-state index in [0.717, 1.165) is 12.8 Å². The molecule has 1 fully saturated rings. The van der Waals surface area contributed by atoms with Gasteiger partial charge in [-0.3, -0.25) is 10.4 Å². The summed E-state index contributed by atoms with van der Waals surface area (Å²) in [6, 6.07) is 3.59. The third kappa shape index (κ3) is 3.11. The summed E-state index contributed by atoms with van der Waals surface area (Å²) in [7, 11) is 3.50. The van der Waals surface area contributed by atoms with Gasteiger partial charge in [0.05, 0.1) is 22.9 Å². The molecular formula is C20H19ClFN7O. The van der Waals surface area contributed by atoms with E-state index < -0.39 is 5.82 Å². The first-order valence-corrected chi connectivity index (χ1v) is 9.88. The summed E-state index contributed by atoms with van der Waals surface area (Å²) >= 11 is 6.46. The van der Waals surface area contributed by atoms with Gasteiger partial charge in [-0.15, -0.1) is 0 Å². The van der Waals surface area contributed by atoms with Gasteiger partial charge in [0.25, 0.3) is 0 Å². The minimum Gasteiger partial charge on any atom is -0.373 e. The van der Waals surface area contributed by atoms with Crippen LogP contribution in [0, 0.1) is 5.82 Å². The fourth-order valence-corrected chi connectivity index (χ4v) is 3.87. The maximum Gasteiger partial charge on any atom is 0.320 e. The van der Waals surface area contributed by atoms with Gasteiger partial charge in [-0.25, -0.2) is 14.2 Å². The zero-order chi connectivity index (χ0) is 21.0. The summed E-state index contributed by atoms with van der Waals surface area (Å²) in [5, 5.41) is 13.3. The number of carbonyl (C=O) groups excluding carboxylic acids is 1. The van der Waals surface area contributed by atoms with Crippen molar-refractivity contribution in [2.24, 2.45) is 0 Å². The van der Waals surface area contributed by atoms with Crippen molar-refractivity contribution in [3.05, 3.63) is 41.6 Å². The molecule has 3 aromatic heterocycles. The first-order chi connectivity index (χ1) is 14.4. The van der Waals surface area contributed by atoms with E-state index in [0.29, 0.717) is 39.2 Å². The molecule has 8 nitrogen and oxygen atoms in total. The summed E-state index contributed by atoms with van der Waals surface area (Å²) in [5.74, 6) is -0.0859. The molecule has 30 heavy (non-hydrogen) atoms. The topological polar surface area (TPSA) is 90.3 Å². The van der Waals surface area contributed by atoms with Crippen molar-refractivity contribution in [1.82, 2.24) is 24.9 Å². The maximum atomic E-state index is 15.1. The van der Waals surface area contributed by atoms with E-state index in [1.807, 2.05) is 6.07 Å². The van der Waals surface area contributed by atoms with E-state index in [1.54, 1.807) is 48.1 Å². The molecule has 0 saturated heterocycles. The number of aromatic amines is 1. The van der Waals surface area contributed by atoms with E-state index in [-0.39, 0.29) is 17.1 Å². The van der Waals surface area contributed by atoms with Gasteiger partial charge in [0, 0.05) is 42.8 Å². The zero-order valence-electron chi connectivity index (χ0n) is 16.3. The number of fused-ring (bicyclic) bond motifs is 2. The first-order valence-electron chi connectivity index (χ1n) is 9.50. The van der Waals surface area contributed by atoms with Crippen LogP contribution in [0.2, 0.25) is 5.02 Å².